The number of carbonyl (C=O) groups is 2. The Kier molecular flexibility index (Phi) is 4.63. The summed E-state index contributed by atoms with van der Waals surface area (Å²) in [4.78, 5) is 23.0. The lowest BCUT2D eigenvalue weighted by molar-refractivity contribution is -0.121. The van der Waals surface area contributed by atoms with Crippen LogP contribution < -0.4 is 10.7 Å². The van der Waals surface area contributed by atoms with Crippen LogP contribution >= 0.6 is 11.8 Å². The molecule has 0 spiro atoms. The van der Waals surface area contributed by atoms with Gasteiger partial charge in [0.1, 0.15) is 5.71 Å². The Morgan fingerprint density at radius 3 is 3.00 bits per heavy atom. The molecular weight excluding hydrogens is 250 g/mol. The molecule has 1 heterocycles. The molecule has 1 fully saturated rings. The first-order chi connectivity index (χ1) is 8.70. The summed E-state index contributed by atoms with van der Waals surface area (Å²) in [6.45, 7) is 2.14. The van der Waals surface area contributed by atoms with Crippen molar-refractivity contribution in [1.29, 1.82) is 0 Å². The third kappa shape index (κ3) is 3.25. The molecule has 0 aromatic rings. The number of carbonyl (C=O) groups excluding carboxylic acids is 2. The maximum Gasteiger partial charge on any atom is 0.267 e. The summed E-state index contributed by atoms with van der Waals surface area (Å²) in [7, 11) is 0. The second kappa shape index (κ2) is 6.22. The van der Waals surface area contributed by atoms with E-state index in [-0.39, 0.29) is 17.9 Å². The van der Waals surface area contributed by atoms with Gasteiger partial charge in [0.05, 0.1) is 0 Å². The van der Waals surface area contributed by atoms with E-state index in [1.807, 2.05) is 11.8 Å². The van der Waals surface area contributed by atoms with Gasteiger partial charge in [-0.1, -0.05) is 13.3 Å². The second-order valence-corrected chi connectivity index (χ2v) is 6.11. The summed E-state index contributed by atoms with van der Waals surface area (Å²) in [5.41, 5.74) is 2.80. The highest BCUT2D eigenvalue weighted by atomic mass is 32.2. The van der Waals surface area contributed by atoms with E-state index in [4.69, 9.17) is 0 Å². The number of hydrogen-bond acceptors (Lipinski definition) is 4. The van der Waals surface area contributed by atoms with Crippen molar-refractivity contribution < 1.29 is 9.59 Å². The van der Waals surface area contributed by atoms with Crippen molar-refractivity contribution in [3.05, 3.63) is 0 Å². The van der Waals surface area contributed by atoms with E-state index in [1.165, 1.54) is 12.8 Å². The van der Waals surface area contributed by atoms with Gasteiger partial charge in [-0.2, -0.15) is 16.9 Å². The van der Waals surface area contributed by atoms with Gasteiger partial charge in [-0.05, 0) is 18.6 Å². The van der Waals surface area contributed by atoms with Crippen molar-refractivity contribution in [2.24, 2.45) is 5.10 Å². The molecule has 1 saturated carbocycles. The number of rotatable bonds is 4. The van der Waals surface area contributed by atoms with Gasteiger partial charge in [0.15, 0.2) is 0 Å². The summed E-state index contributed by atoms with van der Waals surface area (Å²) in [6, 6.07) is 0.253. The number of hydrazone groups is 1. The minimum Gasteiger partial charge on any atom is -0.347 e. The van der Waals surface area contributed by atoms with Crippen LogP contribution in [0.1, 0.15) is 39.0 Å². The first kappa shape index (κ1) is 13.4. The van der Waals surface area contributed by atoms with Crippen LogP contribution in [0, 0.1) is 0 Å². The SMILES string of the molecule is CCSC1CCCC1NC(=O)C1=NNC(=O)CC1. The van der Waals surface area contributed by atoms with E-state index in [1.54, 1.807) is 0 Å². The number of hydrogen-bond donors (Lipinski definition) is 2. The first-order valence-corrected chi connectivity index (χ1v) is 7.53. The van der Waals surface area contributed by atoms with Crippen LogP contribution in [-0.4, -0.2) is 34.6 Å². The van der Waals surface area contributed by atoms with E-state index in [0.717, 1.165) is 12.2 Å². The standard InChI is InChI=1S/C12H19N3O2S/c1-2-18-10-5-3-4-8(10)13-12(17)9-6-7-11(16)15-14-9/h8,10H,2-7H2,1H3,(H,13,17)(H,15,16). The molecule has 0 aromatic carbocycles. The molecule has 2 amide bonds. The van der Waals surface area contributed by atoms with Crippen molar-refractivity contribution in [3.63, 3.8) is 0 Å². The van der Waals surface area contributed by atoms with Crippen LogP contribution in [0.3, 0.4) is 0 Å². The van der Waals surface area contributed by atoms with Gasteiger partial charge in [-0.25, -0.2) is 5.43 Å². The Labute approximate surface area is 111 Å². The first-order valence-electron chi connectivity index (χ1n) is 6.48. The van der Waals surface area contributed by atoms with E-state index in [0.29, 0.717) is 23.8 Å². The minimum absolute atomic E-state index is 0.119. The zero-order valence-electron chi connectivity index (χ0n) is 10.6. The van der Waals surface area contributed by atoms with Gasteiger partial charge >= 0.3 is 0 Å². The molecule has 100 valence electrons. The highest BCUT2D eigenvalue weighted by molar-refractivity contribution is 7.99. The third-order valence-electron chi connectivity index (χ3n) is 3.32. The van der Waals surface area contributed by atoms with E-state index in [9.17, 15) is 9.59 Å². The quantitative estimate of drug-likeness (QED) is 0.801. The Morgan fingerprint density at radius 2 is 2.33 bits per heavy atom. The topological polar surface area (TPSA) is 70.6 Å². The van der Waals surface area contributed by atoms with Crippen molar-refractivity contribution in [2.75, 3.05) is 5.75 Å². The van der Waals surface area contributed by atoms with Gasteiger partial charge in [0.25, 0.3) is 5.91 Å². The molecule has 2 N–H and O–H groups in total. The number of nitrogens with zero attached hydrogens (tertiary/aromatic N) is 1. The Hall–Kier alpha value is -1.04. The number of thioether (sulfide) groups is 1. The Bertz CT molecular complexity index is 370. The highest BCUT2D eigenvalue weighted by Gasteiger charge is 2.30. The van der Waals surface area contributed by atoms with E-state index < -0.39 is 0 Å². The molecule has 1 aliphatic heterocycles. The minimum atomic E-state index is -0.122. The lowest BCUT2D eigenvalue weighted by Crippen LogP contribution is -2.44. The van der Waals surface area contributed by atoms with Gasteiger partial charge in [-0.3, -0.25) is 9.59 Å². The zero-order valence-corrected chi connectivity index (χ0v) is 11.4. The maximum absolute atomic E-state index is 12.0. The fourth-order valence-electron chi connectivity index (χ4n) is 2.39. The molecule has 2 rings (SSSR count). The van der Waals surface area contributed by atoms with E-state index >= 15 is 0 Å². The normalized spacial score (nSPS) is 27.6. The maximum atomic E-state index is 12.0. The van der Waals surface area contributed by atoms with Crippen LogP contribution in [0.2, 0.25) is 0 Å². The molecule has 1 aliphatic carbocycles. The van der Waals surface area contributed by atoms with Gasteiger partial charge < -0.3 is 5.32 Å². The van der Waals surface area contributed by atoms with Crippen molar-refractivity contribution in [3.8, 4) is 0 Å². The Balaban J connectivity index is 1.89. The largest absolute Gasteiger partial charge is 0.347 e. The molecule has 2 aliphatic rings. The lowest BCUT2D eigenvalue weighted by atomic mass is 10.1. The molecule has 6 heteroatoms. The fraction of sp³-hybridized carbons (Fsp3) is 0.750. The van der Waals surface area contributed by atoms with Gasteiger partial charge in [0.2, 0.25) is 5.91 Å². The van der Waals surface area contributed by atoms with Crippen LogP contribution in [0.25, 0.3) is 0 Å². The van der Waals surface area contributed by atoms with Crippen LogP contribution in [0.15, 0.2) is 5.10 Å². The summed E-state index contributed by atoms with van der Waals surface area (Å²) < 4.78 is 0. The average molecular weight is 269 g/mol. The van der Waals surface area contributed by atoms with Gasteiger partial charge in [0, 0.05) is 24.1 Å². The monoisotopic (exact) mass is 269 g/mol. The summed E-state index contributed by atoms with van der Waals surface area (Å²) in [6.07, 6.45) is 4.18. The van der Waals surface area contributed by atoms with Crippen molar-refractivity contribution in [2.45, 2.75) is 50.3 Å². The number of nitrogens with one attached hydrogen (secondary N) is 2. The van der Waals surface area contributed by atoms with Crippen molar-refractivity contribution in [1.82, 2.24) is 10.7 Å². The molecule has 18 heavy (non-hydrogen) atoms. The molecule has 0 aromatic heterocycles. The highest BCUT2D eigenvalue weighted by Crippen LogP contribution is 2.29. The fourth-order valence-corrected chi connectivity index (χ4v) is 3.59. The van der Waals surface area contributed by atoms with Gasteiger partial charge in [-0.15, -0.1) is 0 Å². The van der Waals surface area contributed by atoms with Crippen LogP contribution in [-0.2, 0) is 9.59 Å². The van der Waals surface area contributed by atoms with Crippen LogP contribution in [0.4, 0.5) is 0 Å². The molecular formula is C12H19N3O2S. The second-order valence-electron chi connectivity index (χ2n) is 4.60. The summed E-state index contributed by atoms with van der Waals surface area (Å²) in [5, 5.41) is 7.40. The Morgan fingerprint density at radius 1 is 1.50 bits per heavy atom. The predicted octanol–water partition coefficient (Wildman–Crippen LogP) is 1.04. The molecule has 0 saturated heterocycles. The zero-order chi connectivity index (χ0) is 13.0. The molecule has 2 atom stereocenters. The molecule has 2 unspecified atom stereocenters. The predicted molar refractivity (Wildman–Crippen MR) is 72.5 cm³/mol. The average Bonchev–Trinajstić information content (AvgIpc) is 2.78. The third-order valence-corrected chi connectivity index (χ3v) is 4.64. The lowest BCUT2D eigenvalue weighted by Gasteiger charge is -2.21. The van der Waals surface area contributed by atoms with Crippen molar-refractivity contribution >= 4 is 29.3 Å². The van der Waals surface area contributed by atoms with E-state index in [2.05, 4.69) is 22.8 Å². The van der Waals surface area contributed by atoms with Crippen LogP contribution in [0.5, 0.6) is 0 Å². The summed E-state index contributed by atoms with van der Waals surface area (Å²) in [5.74, 6) is 0.837. The summed E-state index contributed by atoms with van der Waals surface area (Å²) >= 11 is 1.91. The molecule has 0 bridgehead atoms. The molecule has 0 radical (unpaired) electrons. The smallest absolute Gasteiger partial charge is 0.267 e. The molecule has 5 nitrogen and oxygen atoms in total. The number of amides is 2.